The van der Waals surface area contributed by atoms with Gasteiger partial charge in [0.25, 0.3) is 0 Å². The fourth-order valence-corrected chi connectivity index (χ4v) is 1.17. The van der Waals surface area contributed by atoms with Gasteiger partial charge in [0, 0.05) is 0 Å². The van der Waals surface area contributed by atoms with Gasteiger partial charge in [0.15, 0.2) is 6.61 Å². The minimum atomic E-state index is 0.195. The summed E-state index contributed by atoms with van der Waals surface area (Å²) < 4.78 is 5.19. The average molecular weight is 197 g/mol. The van der Waals surface area contributed by atoms with E-state index < -0.39 is 0 Å². The van der Waals surface area contributed by atoms with Crippen molar-refractivity contribution < 1.29 is 4.74 Å². The van der Waals surface area contributed by atoms with Crippen molar-refractivity contribution in [3.05, 3.63) is 17.0 Å². The molecule has 0 radical (unpaired) electrons. The lowest BCUT2D eigenvalue weighted by Gasteiger charge is -2.06. The van der Waals surface area contributed by atoms with Crippen LogP contribution in [-0.4, -0.2) is 16.6 Å². The van der Waals surface area contributed by atoms with Crippen LogP contribution in [0.2, 0.25) is 5.15 Å². The summed E-state index contributed by atoms with van der Waals surface area (Å²) in [5, 5.41) is 0.421. The summed E-state index contributed by atoms with van der Waals surface area (Å²) in [7, 11) is 0. The molecule has 3 nitrogen and oxygen atoms in total. The summed E-state index contributed by atoms with van der Waals surface area (Å²) in [6, 6.07) is 0. The second-order valence-electron chi connectivity index (χ2n) is 2.29. The highest BCUT2D eigenvalue weighted by Crippen LogP contribution is 2.21. The number of ether oxygens (including phenoxy) is 1. The molecule has 0 atom stereocenters. The molecule has 0 fully saturated rings. The first kappa shape index (κ1) is 9.82. The fourth-order valence-electron chi connectivity index (χ4n) is 0.908. The van der Waals surface area contributed by atoms with Gasteiger partial charge in [-0.15, -0.1) is 6.42 Å². The Bertz CT molecular complexity index is 333. The number of nitrogens with zero attached hydrogens (tertiary/aromatic N) is 2. The van der Waals surface area contributed by atoms with Crippen LogP contribution in [0.15, 0.2) is 6.33 Å². The number of rotatable bonds is 3. The molecule has 0 bridgehead atoms. The number of aromatic nitrogens is 2. The lowest BCUT2D eigenvalue weighted by molar-refractivity contribution is 0.350. The van der Waals surface area contributed by atoms with E-state index >= 15 is 0 Å². The highest BCUT2D eigenvalue weighted by molar-refractivity contribution is 6.30. The van der Waals surface area contributed by atoms with Gasteiger partial charge in [-0.1, -0.05) is 24.4 Å². The van der Waals surface area contributed by atoms with Gasteiger partial charge in [-0.3, -0.25) is 0 Å². The van der Waals surface area contributed by atoms with Crippen molar-refractivity contribution in [1.82, 2.24) is 9.97 Å². The van der Waals surface area contributed by atoms with E-state index in [0.717, 1.165) is 12.0 Å². The number of hydrogen-bond acceptors (Lipinski definition) is 3. The van der Waals surface area contributed by atoms with Gasteiger partial charge in [0.2, 0.25) is 5.88 Å². The van der Waals surface area contributed by atoms with Gasteiger partial charge >= 0.3 is 0 Å². The van der Waals surface area contributed by atoms with E-state index in [9.17, 15) is 0 Å². The summed E-state index contributed by atoms with van der Waals surface area (Å²) in [6.07, 6.45) is 7.13. The molecule has 1 rings (SSSR count). The molecule has 0 saturated carbocycles. The minimum Gasteiger partial charge on any atom is -0.464 e. The zero-order valence-corrected chi connectivity index (χ0v) is 8.01. The third kappa shape index (κ3) is 2.33. The van der Waals surface area contributed by atoms with Crippen molar-refractivity contribution >= 4 is 11.6 Å². The first-order valence-electron chi connectivity index (χ1n) is 3.85. The second-order valence-corrected chi connectivity index (χ2v) is 2.65. The molecular formula is C9H9ClN2O. The fraction of sp³-hybridized carbons (Fsp3) is 0.333. The molecule has 0 N–H and O–H groups in total. The first-order valence-corrected chi connectivity index (χ1v) is 4.23. The topological polar surface area (TPSA) is 35.0 Å². The maximum Gasteiger partial charge on any atom is 0.222 e. The van der Waals surface area contributed by atoms with Crippen LogP contribution >= 0.6 is 11.6 Å². The zero-order chi connectivity index (χ0) is 9.68. The Morgan fingerprint density at radius 1 is 1.62 bits per heavy atom. The van der Waals surface area contributed by atoms with Crippen molar-refractivity contribution in [3.8, 4) is 18.2 Å². The molecule has 68 valence electrons. The molecule has 0 aromatic carbocycles. The molecule has 1 aromatic heterocycles. The summed E-state index contributed by atoms with van der Waals surface area (Å²) in [5.41, 5.74) is 0.791. The minimum absolute atomic E-state index is 0.195. The van der Waals surface area contributed by atoms with Crippen molar-refractivity contribution in [2.75, 3.05) is 6.61 Å². The van der Waals surface area contributed by atoms with Crippen molar-refractivity contribution in [2.45, 2.75) is 13.3 Å². The Morgan fingerprint density at radius 3 is 3.00 bits per heavy atom. The maximum absolute atomic E-state index is 5.83. The summed E-state index contributed by atoms with van der Waals surface area (Å²) in [4.78, 5) is 7.78. The molecule has 0 aliphatic rings. The third-order valence-corrected chi connectivity index (χ3v) is 1.82. The first-order chi connectivity index (χ1) is 6.29. The van der Waals surface area contributed by atoms with Gasteiger partial charge in [-0.25, -0.2) is 9.97 Å². The van der Waals surface area contributed by atoms with E-state index in [1.807, 2.05) is 6.92 Å². The third-order valence-electron chi connectivity index (χ3n) is 1.50. The molecule has 13 heavy (non-hydrogen) atoms. The molecule has 1 aromatic rings. The summed E-state index contributed by atoms with van der Waals surface area (Å²) >= 11 is 5.83. The highest BCUT2D eigenvalue weighted by Gasteiger charge is 2.07. The van der Waals surface area contributed by atoms with Crippen molar-refractivity contribution in [1.29, 1.82) is 0 Å². The van der Waals surface area contributed by atoms with E-state index in [2.05, 4.69) is 15.9 Å². The number of halogens is 1. The summed E-state index contributed by atoms with van der Waals surface area (Å²) in [5.74, 6) is 2.83. The van der Waals surface area contributed by atoms with E-state index in [0.29, 0.717) is 11.0 Å². The van der Waals surface area contributed by atoms with Gasteiger partial charge in [0.1, 0.15) is 11.5 Å². The van der Waals surface area contributed by atoms with Gasteiger partial charge in [-0.05, 0) is 6.42 Å². The monoisotopic (exact) mass is 196 g/mol. The molecule has 4 heteroatoms. The summed E-state index contributed by atoms with van der Waals surface area (Å²) in [6.45, 7) is 2.15. The van der Waals surface area contributed by atoms with Crippen LogP contribution in [0.3, 0.4) is 0 Å². The highest BCUT2D eigenvalue weighted by atomic mass is 35.5. The molecule has 0 spiro atoms. The normalized spacial score (nSPS) is 9.31. The lowest BCUT2D eigenvalue weighted by Crippen LogP contribution is -2.01. The van der Waals surface area contributed by atoms with Crippen LogP contribution < -0.4 is 4.74 Å². The lowest BCUT2D eigenvalue weighted by atomic mass is 10.2. The smallest absolute Gasteiger partial charge is 0.222 e. The SMILES string of the molecule is C#CCOc1ncnc(Cl)c1CC. The Labute approximate surface area is 82.1 Å². The number of terminal acetylenes is 1. The molecule has 0 saturated heterocycles. The van der Waals surface area contributed by atoms with Gasteiger partial charge in [-0.2, -0.15) is 0 Å². The predicted molar refractivity (Wildman–Crippen MR) is 50.7 cm³/mol. The molecule has 0 unspecified atom stereocenters. The zero-order valence-electron chi connectivity index (χ0n) is 7.25. The maximum atomic E-state index is 5.83. The van der Waals surface area contributed by atoms with Crippen molar-refractivity contribution in [2.24, 2.45) is 0 Å². The van der Waals surface area contributed by atoms with Crippen LogP contribution in [0, 0.1) is 12.3 Å². The Kier molecular flexibility index (Phi) is 3.53. The quantitative estimate of drug-likeness (QED) is 0.545. The molecule has 1 heterocycles. The molecule has 0 amide bonds. The number of hydrogen-bond donors (Lipinski definition) is 0. The van der Waals surface area contributed by atoms with Crippen LogP contribution in [0.1, 0.15) is 12.5 Å². The van der Waals surface area contributed by atoms with Gasteiger partial charge < -0.3 is 4.74 Å². The predicted octanol–water partition coefficient (Wildman–Crippen LogP) is 1.70. The Balaban J connectivity index is 2.93. The van der Waals surface area contributed by atoms with Gasteiger partial charge in [0.05, 0.1) is 5.56 Å². The van der Waals surface area contributed by atoms with Crippen LogP contribution in [-0.2, 0) is 6.42 Å². The molecule has 0 aliphatic carbocycles. The second kappa shape index (κ2) is 4.68. The van der Waals surface area contributed by atoms with E-state index in [4.69, 9.17) is 22.8 Å². The largest absolute Gasteiger partial charge is 0.464 e. The average Bonchev–Trinajstić information content (AvgIpc) is 2.15. The Morgan fingerprint density at radius 2 is 2.38 bits per heavy atom. The van der Waals surface area contributed by atoms with Crippen LogP contribution in [0.25, 0.3) is 0 Å². The molecule has 0 aliphatic heterocycles. The van der Waals surface area contributed by atoms with Crippen LogP contribution in [0.4, 0.5) is 0 Å². The van der Waals surface area contributed by atoms with E-state index in [1.54, 1.807) is 0 Å². The van der Waals surface area contributed by atoms with Crippen LogP contribution in [0.5, 0.6) is 5.88 Å². The van der Waals surface area contributed by atoms with Crippen molar-refractivity contribution in [3.63, 3.8) is 0 Å². The van der Waals surface area contributed by atoms with E-state index in [-0.39, 0.29) is 6.61 Å². The molecular weight excluding hydrogens is 188 g/mol. The van der Waals surface area contributed by atoms with E-state index in [1.165, 1.54) is 6.33 Å². The standard InChI is InChI=1S/C9H9ClN2O/c1-3-5-13-9-7(4-2)8(10)11-6-12-9/h1,6H,4-5H2,2H3. The Hall–Kier alpha value is -1.27.